The van der Waals surface area contributed by atoms with Crippen molar-refractivity contribution in [1.29, 1.82) is 0 Å². The van der Waals surface area contributed by atoms with E-state index in [9.17, 15) is 9.59 Å². The first-order valence-electron chi connectivity index (χ1n) is 6.32. The molecule has 4 rings (SSSR count). The van der Waals surface area contributed by atoms with Gasteiger partial charge in [0.05, 0.1) is 12.2 Å². The Labute approximate surface area is 112 Å². The third-order valence-corrected chi connectivity index (χ3v) is 3.64. The topological polar surface area (TPSA) is 85.3 Å². The van der Waals surface area contributed by atoms with Crippen LogP contribution in [0, 0.1) is 0 Å². The van der Waals surface area contributed by atoms with Gasteiger partial charge in [-0.3, -0.25) is 14.9 Å². The molecule has 0 radical (unpaired) electrons. The largest absolute Gasteiger partial charge is 0.464 e. The van der Waals surface area contributed by atoms with Gasteiger partial charge in [-0.05, 0) is 18.6 Å². The Bertz CT molecular complexity index is 845. The van der Waals surface area contributed by atoms with E-state index in [1.807, 2.05) is 12.1 Å². The molecule has 1 atom stereocenters. The quantitative estimate of drug-likeness (QED) is 0.684. The number of amides is 2. The molecule has 6 nitrogen and oxygen atoms in total. The van der Waals surface area contributed by atoms with E-state index in [1.165, 1.54) is 0 Å². The average Bonchev–Trinajstić information content (AvgIpc) is 3.02. The normalized spacial score (nSPS) is 19.7. The van der Waals surface area contributed by atoms with E-state index in [-0.39, 0.29) is 11.8 Å². The fourth-order valence-electron chi connectivity index (χ4n) is 2.62. The summed E-state index contributed by atoms with van der Waals surface area (Å²) in [5.74, 6) is -1.00. The van der Waals surface area contributed by atoms with Crippen molar-refractivity contribution in [3.63, 3.8) is 0 Å². The van der Waals surface area contributed by atoms with Gasteiger partial charge in [-0.25, -0.2) is 0 Å². The van der Waals surface area contributed by atoms with Crippen molar-refractivity contribution in [2.45, 2.75) is 18.8 Å². The molecular weight excluding hydrogens is 260 g/mol. The molecule has 2 amide bonds. The molecule has 1 aliphatic heterocycles. The number of carbonyl (C=O) groups is 2. The molecule has 6 heteroatoms. The van der Waals surface area contributed by atoms with E-state index >= 15 is 0 Å². The standard InChI is InChI=1S/C14H10N2O4/c17-12-2-1-8(14(18)15-12)13-9-5-7-3-4-19-10(7)6-11(9)20-16-13/h3-6,8H,1-2H2,(H,15,17,18). The lowest BCUT2D eigenvalue weighted by molar-refractivity contribution is -0.134. The van der Waals surface area contributed by atoms with Crippen LogP contribution in [0.15, 0.2) is 33.4 Å². The van der Waals surface area contributed by atoms with Crippen molar-refractivity contribution < 1.29 is 18.5 Å². The van der Waals surface area contributed by atoms with Crippen LogP contribution in [-0.4, -0.2) is 17.0 Å². The number of aromatic nitrogens is 1. The average molecular weight is 270 g/mol. The second kappa shape index (κ2) is 3.93. The molecule has 3 aromatic rings. The smallest absolute Gasteiger partial charge is 0.235 e. The number of hydrogen-bond donors (Lipinski definition) is 1. The number of fused-ring (bicyclic) bond motifs is 2. The first-order chi connectivity index (χ1) is 9.72. The monoisotopic (exact) mass is 270 g/mol. The molecule has 0 saturated carbocycles. The predicted molar refractivity (Wildman–Crippen MR) is 68.9 cm³/mol. The maximum atomic E-state index is 11.9. The summed E-state index contributed by atoms with van der Waals surface area (Å²) in [5.41, 5.74) is 1.86. The van der Waals surface area contributed by atoms with Crippen molar-refractivity contribution >= 4 is 33.8 Å². The Balaban J connectivity index is 1.86. The number of rotatable bonds is 1. The predicted octanol–water partition coefficient (Wildman–Crippen LogP) is 2.09. The maximum absolute atomic E-state index is 11.9. The molecule has 2 aromatic heterocycles. The van der Waals surface area contributed by atoms with Gasteiger partial charge in [0.2, 0.25) is 11.8 Å². The van der Waals surface area contributed by atoms with Gasteiger partial charge in [0.15, 0.2) is 5.58 Å². The molecular formula is C14H10N2O4. The maximum Gasteiger partial charge on any atom is 0.235 e. The van der Waals surface area contributed by atoms with E-state index in [0.29, 0.717) is 29.7 Å². The second-order valence-corrected chi connectivity index (χ2v) is 4.88. The minimum atomic E-state index is -0.446. The zero-order chi connectivity index (χ0) is 13.7. The van der Waals surface area contributed by atoms with Crippen molar-refractivity contribution in [2.75, 3.05) is 0 Å². The van der Waals surface area contributed by atoms with Crippen molar-refractivity contribution in [3.05, 3.63) is 30.2 Å². The number of piperidine rings is 1. The molecule has 0 aliphatic carbocycles. The van der Waals surface area contributed by atoms with Crippen molar-refractivity contribution in [2.24, 2.45) is 0 Å². The van der Waals surface area contributed by atoms with Crippen LogP contribution < -0.4 is 5.32 Å². The number of imide groups is 1. The van der Waals surface area contributed by atoms with E-state index in [1.54, 1.807) is 12.3 Å². The molecule has 1 fully saturated rings. The van der Waals surface area contributed by atoms with Gasteiger partial charge >= 0.3 is 0 Å². The molecule has 0 spiro atoms. The van der Waals surface area contributed by atoms with Crippen LogP contribution in [0.2, 0.25) is 0 Å². The summed E-state index contributed by atoms with van der Waals surface area (Å²) in [4.78, 5) is 23.1. The highest BCUT2D eigenvalue weighted by atomic mass is 16.5. The van der Waals surface area contributed by atoms with Crippen molar-refractivity contribution in [3.8, 4) is 0 Å². The highest BCUT2D eigenvalue weighted by Crippen LogP contribution is 2.32. The SMILES string of the molecule is O=C1CCC(c2noc3cc4occc4cc23)C(=O)N1. The molecule has 1 aliphatic rings. The summed E-state index contributed by atoms with van der Waals surface area (Å²) in [6.45, 7) is 0. The Morgan fingerprint density at radius 1 is 1.25 bits per heavy atom. The third kappa shape index (κ3) is 1.54. The number of nitrogens with zero attached hydrogens (tertiary/aromatic N) is 1. The summed E-state index contributed by atoms with van der Waals surface area (Å²) in [5, 5.41) is 8.06. The Morgan fingerprint density at radius 2 is 2.15 bits per heavy atom. The fraction of sp³-hybridized carbons (Fsp3) is 0.214. The van der Waals surface area contributed by atoms with E-state index in [0.717, 1.165) is 10.8 Å². The van der Waals surface area contributed by atoms with Crippen LogP contribution in [0.25, 0.3) is 21.9 Å². The van der Waals surface area contributed by atoms with Gasteiger partial charge in [-0.2, -0.15) is 0 Å². The number of carbonyl (C=O) groups excluding carboxylic acids is 2. The third-order valence-electron chi connectivity index (χ3n) is 3.64. The van der Waals surface area contributed by atoms with Crippen molar-refractivity contribution in [1.82, 2.24) is 10.5 Å². The summed E-state index contributed by atoms with van der Waals surface area (Å²) in [7, 11) is 0. The van der Waals surface area contributed by atoms with Gasteiger partial charge in [-0.15, -0.1) is 0 Å². The van der Waals surface area contributed by atoms with Crippen LogP contribution in [0.1, 0.15) is 24.5 Å². The van der Waals surface area contributed by atoms with E-state index in [4.69, 9.17) is 8.94 Å². The van der Waals surface area contributed by atoms with Crippen LogP contribution in [0.3, 0.4) is 0 Å². The van der Waals surface area contributed by atoms with Crippen LogP contribution in [0.5, 0.6) is 0 Å². The lowest BCUT2D eigenvalue weighted by Crippen LogP contribution is -2.39. The summed E-state index contributed by atoms with van der Waals surface area (Å²) < 4.78 is 10.6. The highest BCUT2D eigenvalue weighted by Gasteiger charge is 2.31. The Kier molecular flexibility index (Phi) is 2.20. The van der Waals surface area contributed by atoms with Crippen LogP contribution in [-0.2, 0) is 9.59 Å². The minimum absolute atomic E-state index is 0.240. The zero-order valence-corrected chi connectivity index (χ0v) is 10.4. The molecule has 0 bridgehead atoms. The molecule has 1 unspecified atom stereocenters. The summed E-state index contributed by atoms with van der Waals surface area (Å²) in [6, 6.07) is 5.49. The molecule has 3 heterocycles. The lowest BCUT2D eigenvalue weighted by atomic mass is 9.92. The first-order valence-corrected chi connectivity index (χ1v) is 6.32. The van der Waals surface area contributed by atoms with Gasteiger partial charge in [0.1, 0.15) is 11.3 Å². The zero-order valence-electron chi connectivity index (χ0n) is 10.4. The van der Waals surface area contributed by atoms with Gasteiger partial charge < -0.3 is 8.94 Å². The van der Waals surface area contributed by atoms with Crippen LogP contribution >= 0.6 is 0 Å². The van der Waals surface area contributed by atoms with E-state index < -0.39 is 5.92 Å². The molecule has 20 heavy (non-hydrogen) atoms. The number of benzene rings is 1. The number of nitrogens with one attached hydrogen (secondary N) is 1. The van der Waals surface area contributed by atoms with Crippen LogP contribution in [0.4, 0.5) is 0 Å². The second-order valence-electron chi connectivity index (χ2n) is 4.88. The molecule has 1 aromatic carbocycles. The highest BCUT2D eigenvalue weighted by molar-refractivity contribution is 6.03. The number of hydrogen-bond acceptors (Lipinski definition) is 5. The molecule has 1 saturated heterocycles. The Hall–Kier alpha value is -2.63. The number of furan rings is 1. The van der Waals surface area contributed by atoms with Gasteiger partial charge in [0, 0.05) is 23.3 Å². The van der Waals surface area contributed by atoms with Gasteiger partial charge in [-0.1, -0.05) is 5.16 Å². The first kappa shape index (κ1) is 11.2. The lowest BCUT2D eigenvalue weighted by Gasteiger charge is -2.18. The summed E-state index contributed by atoms with van der Waals surface area (Å²) in [6.07, 6.45) is 2.37. The molecule has 1 N–H and O–H groups in total. The van der Waals surface area contributed by atoms with E-state index in [2.05, 4.69) is 10.5 Å². The van der Waals surface area contributed by atoms with Gasteiger partial charge in [0.25, 0.3) is 0 Å². The molecule has 100 valence electrons. The minimum Gasteiger partial charge on any atom is -0.464 e. The summed E-state index contributed by atoms with van der Waals surface area (Å²) >= 11 is 0. The Morgan fingerprint density at radius 3 is 3.00 bits per heavy atom. The fourth-order valence-corrected chi connectivity index (χ4v) is 2.62.